The molecule has 0 bridgehead atoms. The highest BCUT2D eigenvalue weighted by atomic mass is 35.5. The number of aryl methyl sites for hydroxylation is 1. The first-order valence-corrected chi connectivity index (χ1v) is 14.0. The molecule has 0 fully saturated rings. The van der Waals surface area contributed by atoms with Crippen LogP contribution in [0.1, 0.15) is 27.7 Å². The van der Waals surface area contributed by atoms with Crippen LogP contribution in [0.25, 0.3) is 33.1 Å². The zero-order valence-electron chi connectivity index (χ0n) is 21.3. The van der Waals surface area contributed by atoms with E-state index < -0.39 is 13.2 Å². The molecule has 37 heavy (non-hydrogen) atoms. The van der Waals surface area contributed by atoms with Gasteiger partial charge in [-0.3, -0.25) is 9.09 Å². The Labute approximate surface area is 220 Å². The molecule has 0 radical (unpaired) electrons. The monoisotopic (exact) mass is 537 g/mol. The van der Waals surface area contributed by atoms with Gasteiger partial charge < -0.3 is 19.2 Å². The van der Waals surface area contributed by atoms with Crippen molar-refractivity contribution in [2.45, 2.75) is 33.3 Å². The van der Waals surface area contributed by atoms with Gasteiger partial charge in [-0.2, -0.15) is 4.98 Å². The van der Waals surface area contributed by atoms with Crippen LogP contribution in [0, 0.1) is 5.92 Å². The van der Waals surface area contributed by atoms with Crippen LogP contribution in [-0.4, -0.2) is 25.0 Å². The molecule has 0 saturated carbocycles. The Morgan fingerprint density at radius 3 is 2.65 bits per heavy atom. The Morgan fingerprint density at radius 2 is 1.89 bits per heavy atom. The maximum absolute atomic E-state index is 13.0. The third-order valence-corrected chi connectivity index (χ3v) is 8.81. The molecule has 192 valence electrons. The largest absolute Gasteiger partial charge is 0.426 e. The number of aromatic amines is 1. The van der Waals surface area contributed by atoms with Gasteiger partial charge in [-0.1, -0.05) is 37.6 Å². The van der Waals surface area contributed by atoms with E-state index >= 15 is 0 Å². The summed E-state index contributed by atoms with van der Waals surface area (Å²) in [6.45, 7) is 7.48. The third kappa shape index (κ3) is 5.05. The average molecular weight is 538 g/mol. The van der Waals surface area contributed by atoms with Gasteiger partial charge in [-0.15, -0.1) is 0 Å². The molecule has 5 aromatic rings. The molecule has 5 rings (SSSR count). The summed E-state index contributed by atoms with van der Waals surface area (Å²) in [5, 5.41) is 1.87. The van der Waals surface area contributed by atoms with Crippen molar-refractivity contribution in [1.82, 2.24) is 14.5 Å². The van der Waals surface area contributed by atoms with E-state index in [1.807, 2.05) is 45.3 Å². The van der Waals surface area contributed by atoms with Crippen molar-refractivity contribution in [2.75, 3.05) is 0 Å². The van der Waals surface area contributed by atoms with E-state index in [4.69, 9.17) is 20.9 Å². The molecule has 1 atom stereocenters. The molecular weight excluding hydrogens is 509 g/mol. The second-order valence-electron chi connectivity index (χ2n) is 10.1. The Kier molecular flexibility index (Phi) is 6.45. The highest BCUT2D eigenvalue weighted by molar-refractivity contribution is 7.61. The van der Waals surface area contributed by atoms with Crippen LogP contribution < -0.4 is 10.0 Å². The highest BCUT2D eigenvalue weighted by Crippen LogP contribution is 2.47. The number of nitrogens with one attached hydrogen (secondary N) is 1. The van der Waals surface area contributed by atoms with Gasteiger partial charge in [0.25, 0.3) is 6.01 Å². The topological polar surface area (TPSA) is 89.4 Å². The van der Waals surface area contributed by atoms with Crippen molar-refractivity contribution in [3.8, 4) is 22.9 Å². The summed E-state index contributed by atoms with van der Waals surface area (Å²) in [6, 6.07) is 18.7. The van der Waals surface area contributed by atoms with E-state index in [0.29, 0.717) is 16.3 Å². The van der Waals surface area contributed by atoms with Crippen molar-refractivity contribution < 1.29 is 18.7 Å². The average Bonchev–Trinajstić information content (AvgIpc) is 3.39. The lowest BCUT2D eigenvalue weighted by Crippen LogP contribution is -2.31. The van der Waals surface area contributed by atoms with Crippen molar-refractivity contribution in [2.24, 2.45) is 13.0 Å². The predicted octanol–water partition coefficient (Wildman–Crippen LogP) is 7.43. The Bertz CT molecular complexity index is 1670. The Hall–Kier alpha value is -3.09. The minimum atomic E-state index is -4.07. The fourth-order valence-electron chi connectivity index (χ4n) is 4.04. The van der Waals surface area contributed by atoms with Gasteiger partial charge in [-0.25, -0.2) is 0 Å². The third-order valence-electron chi connectivity index (χ3n) is 6.85. The van der Waals surface area contributed by atoms with Crippen LogP contribution >= 0.6 is 19.2 Å². The quantitative estimate of drug-likeness (QED) is 0.211. The molecule has 0 aliphatic carbocycles. The molecule has 2 N–H and O–H groups in total. The first kappa shape index (κ1) is 25.6. The van der Waals surface area contributed by atoms with Crippen LogP contribution in [0.4, 0.5) is 0 Å². The minimum Gasteiger partial charge on any atom is -0.426 e. The van der Waals surface area contributed by atoms with Gasteiger partial charge in [0.05, 0.1) is 27.0 Å². The van der Waals surface area contributed by atoms with Crippen molar-refractivity contribution in [3.63, 3.8) is 0 Å². The smallest absolute Gasteiger partial charge is 0.359 e. The summed E-state index contributed by atoms with van der Waals surface area (Å²) in [6.07, 6.45) is 2.03. The van der Waals surface area contributed by atoms with Crippen LogP contribution in [-0.2, 0) is 16.1 Å². The lowest BCUT2D eigenvalue weighted by molar-refractivity contribution is 0.0511. The second-order valence-corrected chi connectivity index (χ2v) is 12.2. The van der Waals surface area contributed by atoms with E-state index in [0.717, 1.165) is 27.5 Å². The van der Waals surface area contributed by atoms with Gasteiger partial charge in [-0.05, 0) is 73.9 Å². The summed E-state index contributed by atoms with van der Waals surface area (Å²) in [5.74, 6) is 0.409. The van der Waals surface area contributed by atoms with Crippen LogP contribution in [0.3, 0.4) is 0 Å². The molecule has 2 heterocycles. The maximum Gasteiger partial charge on any atom is 0.359 e. The van der Waals surface area contributed by atoms with Gasteiger partial charge >= 0.3 is 7.60 Å². The molecule has 9 heteroatoms. The van der Waals surface area contributed by atoms with Crippen LogP contribution in [0.15, 0.2) is 66.9 Å². The molecule has 0 aliphatic heterocycles. The summed E-state index contributed by atoms with van der Waals surface area (Å²) in [4.78, 5) is 18.3. The highest BCUT2D eigenvalue weighted by Gasteiger charge is 2.34. The number of nitrogens with zero attached hydrogens (tertiary/aromatic N) is 2. The lowest BCUT2D eigenvalue weighted by atomic mass is 9.95. The summed E-state index contributed by atoms with van der Waals surface area (Å²) < 4.78 is 26.6. The summed E-state index contributed by atoms with van der Waals surface area (Å²) in [7, 11) is -2.06. The number of hydrogen-bond acceptors (Lipinski definition) is 4. The number of rotatable bonds is 7. The number of aromatic nitrogens is 3. The number of hydrogen-bond donors (Lipinski definition) is 2. The summed E-state index contributed by atoms with van der Waals surface area (Å²) >= 11 is 6.64. The van der Waals surface area contributed by atoms with E-state index in [1.54, 1.807) is 32.0 Å². The minimum absolute atomic E-state index is 0.0503. The number of ether oxygens (including phenoxy) is 1. The van der Waals surface area contributed by atoms with Gasteiger partial charge in [0.1, 0.15) is 5.75 Å². The van der Waals surface area contributed by atoms with E-state index in [1.165, 1.54) is 6.07 Å². The molecule has 1 unspecified atom stereocenters. The Balaban J connectivity index is 1.43. The first-order valence-electron chi connectivity index (χ1n) is 12.0. The van der Waals surface area contributed by atoms with E-state index in [9.17, 15) is 9.46 Å². The number of H-pyrrole nitrogens is 1. The standard InChI is InChI=1S/C28H29ClN3O4P/c1-17(2)28(3,4)36-37(33,34)21-8-6-7-20(14-21)35-27-30-24-15-22(23(29)16-25(24)31-27)18-9-10-26-19(13-18)11-12-32(26)5/h6-17H,1-5H3,(H,30,31)(H,33,34). The Morgan fingerprint density at radius 1 is 1.11 bits per heavy atom. The molecule has 0 amide bonds. The number of benzene rings is 3. The SMILES string of the molecule is CC(C)C(C)(C)OP(=O)(O)c1cccc(Oc2nc3cc(-c4ccc5c(ccn5C)c4)c(Cl)cc3[nH]2)c1. The van der Waals surface area contributed by atoms with Gasteiger partial charge in [0, 0.05) is 29.7 Å². The van der Waals surface area contributed by atoms with Gasteiger partial charge in [0.15, 0.2) is 0 Å². The fraction of sp³-hybridized carbons (Fsp3) is 0.250. The molecule has 0 spiro atoms. The van der Waals surface area contributed by atoms with Crippen LogP contribution in [0.2, 0.25) is 5.02 Å². The van der Waals surface area contributed by atoms with Crippen molar-refractivity contribution in [1.29, 1.82) is 0 Å². The number of fused-ring (bicyclic) bond motifs is 2. The number of halogens is 1. The first-order chi connectivity index (χ1) is 17.4. The molecule has 2 aromatic heterocycles. The van der Waals surface area contributed by atoms with Crippen molar-refractivity contribution in [3.05, 3.63) is 71.9 Å². The predicted molar refractivity (Wildman–Crippen MR) is 149 cm³/mol. The normalized spacial score (nSPS) is 13.9. The molecule has 7 nitrogen and oxygen atoms in total. The molecule has 0 aliphatic rings. The molecular formula is C28H29ClN3O4P. The van der Waals surface area contributed by atoms with Gasteiger partial charge in [0.2, 0.25) is 0 Å². The zero-order chi connectivity index (χ0) is 26.5. The summed E-state index contributed by atoms with van der Waals surface area (Å²) in [5.41, 5.74) is 3.63. The number of imidazole rings is 1. The second kappa shape index (κ2) is 9.34. The van der Waals surface area contributed by atoms with Crippen LogP contribution in [0.5, 0.6) is 11.8 Å². The molecule has 0 saturated heterocycles. The zero-order valence-corrected chi connectivity index (χ0v) is 23.0. The van der Waals surface area contributed by atoms with Crippen molar-refractivity contribution >= 4 is 46.4 Å². The lowest BCUT2D eigenvalue weighted by Gasteiger charge is -2.31. The van der Waals surface area contributed by atoms with E-state index in [-0.39, 0.29) is 17.2 Å². The van der Waals surface area contributed by atoms with E-state index in [2.05, 4.69) is 32.7 Å². The molecule has 3 aromatic carbocycles. The fourth-order valence-corrected chi connectivity index (χ4v) is 5.83. The maximum atomic E-state index is 13.0.